The average Bonchev–Trinajstić information content (AvgIpc) is 2.38. The lowest BCUT2D eigenvalue weighted by Gasteiger charge is -2.05. The van der Waals surface area contributed by atoms with Gasteiger partial charge in [-0.2, -0.15) is 0 Å². The number of aliphatic carboxylic acids is 1. The summed E-state index contributed by atoms with van der Waals surface area (Å²) in [5, 5.41) is 11.0. The second-order valence-electron chi connectivity index (χ2n) is 4.27. The molecule has 0 aromatic heterocycles. The summed E-state index contributed by atoms with van der Waals surface area (Å²) in [4.78, 5) is 10.3. The van der Waals surface area contributed by atoms with Gasteiger partial charge >= 0.3 is 5.97 Å². The molecule has 0 radical (unpaired) electrons. The number of benzene rings is 2. The standard InChI is InChI=1S/C16H16O2/c17-16(18)12-3-1-2-7-13-9-6-10-14-8-4-5-11-15(13)14/h3-6,8-12H,1-2,7H2,(H,17,18)/b12-3+. The fraction of sp³-hybridized carbons (Fsp3) is 0.188. The van der Waals surface area contributed by atoms with Gasteiger partial charge in [0.2, 0.25) is 0 Å². The zero-order chi connectivity index (χ0) is 12.8. The van der Waals surface area contributed by atoms with E-state index in [0.717, 1.165) is 19.3 Å². The number of fused-ring (bicyclic) bond motifs is 1. The molecule has 1 N–H and O–H groups in total. The third-order valence-corrected chi connectivity index (χ3v) is 2.96. The Morgan fingerprint density at radius 3 is 2.72 bits per heavy atom. The summed E-state index contributed by atoms with van der Waals surface area (Å²) in [6.07, 6.45) is 5.68. The van der Waals surface area contributed by atoms with E-state index in [0.29, 0.717) is 0 Å². The van der Waals surface area contributed by atoms with E-state index in [1.807, 2.05) is 6.07 Å². The van der Waals surface area contributed by atoms with E-state index in [1.54, 1.807) is 6.08 Å². The van der Waals surface area contributed by atoms with Crippen LogP contribution in [0.5, 0.6) is 0 Å². The molecule has 0 heterocycles. The fourth-order valence-electron chi connectivity index (χ4n) is 2.11. The Hall–Kier alpha value is -2.09. The monoisotopic (exact) mass is 240 g/mol. The number of rotatable bonds is 5. The molecule has 0 fully saturated rings. The maximum absolute atomic E-state index is 10.3. The summed E-state index contributed by atoms with van der Waals surface area (Å²) in [6, 6.07) is 14.7. The second kappa shape index (κ2) is 6.01. The number of allylic oxidation sites excluding steroid dienone is 1. The third-order valence-electron chi connectivity index (χ3n) is 2.96. The summed E-state index contributed by atoms with van der Waals surface area (Å²) in [7, 11) is 0. The second-order valence-corrected chi connectivity index (χ2v) is 4.27. The molecule has 0 aliphatic heterocycles. The Morgan fingerprint density at radius 1 is 1.11 bits per heavy atom. The van der Waals surface area contributed by atoms with E-state index in [1.165, 1.54) is 22.4 Å². The molecule has 2 nitrogen and oxygen atoms in total. The maximum Gasteiger partial charge on any atom is 0.327 e. The summed E-state index contributed by atoms with van der Waals surface area (Å²) in [5.74, 6) is -0.875. The number of unbranched alkanes of at least 4 members (excludes halogenated alkanes) is 1. The van der Waals surface area contributed by atoms with Gasteiger partial charge in [0.1, 0.15) is 0 Å². The molecule has 0 amide bonds. The highest BCUT2D eigenvalue weighted by Gasteiger charge is 1.99. The fourth-order valence-corrected chi connectivity index (χ4v) is 2.11. The van der Waals surface area contributed by atoms with Gasteiger partial charge in [-0.05, 0) is 35.6 Å². The number of aryl methyl sites for hydroxylation is 1. The molecule has 0 spiro atoms. The maximum atomic E-state index is 10.3. The molecule has 0 saturated carbocycles. The first kappa shape index (κ1) is 12.4. The van der Waals surface area contributed by atoms with Crippen molar-refractivity contribution in [3.8, 4) is 0 Å². The van der Waals surface area contributed by atoms with Gasteiger partial charge in [-0.1, -0.05) is 48.5 Å². The van der Waals surface area contributed by atoms with E-state index in [9.17, 15) is 4.79 Å². The van der Waals surface area contributed by atoms with E-state index < -0.39 is 5.97 Å². The first-order valence-corrected chi connectivity index (χ1v) is 6.13. The van der Waals surface area contributed by atoms with Crippen LogP contribution < -0.4 is 0 Å². The Balaban J connectivity index is 2.01. The van der Waals surface area contributed by atoms with Crippen LogP contribution in [-0.4, -0.2) is 11.1 Å². The highest BCUT2D eigenvalue weighted by atomic mass is 16.4. The topological polar surface area (TPSA) is 37.3 Å². The van der Waals surface area contributed by atoms with E-state index in [-0.39, 0.29) is 0 Å². The normalized spacial score (nSPS) is 11.1. The van der Waals surface area contributed by atoms with Gasteiger partial charge in [0, 0.05) is 6.08 Å². The van der Waals surface area contributed by atoms with Crippen molar-refractivity contribution < 1.29 is 9.90 Å². The Bertz CT molecular complexity index is 565. The minimum absolute atomic E-state index is 0.801. The highest BCUT2D eigenvalue weighted by Crippen LogP contribution is 2.20. The predicted octanol–water partition coefficient (Wildman–Crippen LogP) is 3.80. The number of hydrogen-bond acceptors (Lipinski definition) is 1. The smallest absolute Gasteiger partial charge is 0.327 e. The average molecular weight is 240 g/mol. The molecule has 0 aliphatic rings. The zero-order valence-corrected chi connectivity index (χ0v) is 10.2. The first-order valence-electron chi connectivity index (χ1n) is 6.13. The van der Waals surface area contributed by atoms with Crippen LogP contribution in [0.2, 0.25) is 0 Å². The van der Waals surface area contributed by atoms with Crippen LogP contribution in [0.25, 0.3) is 10.8 Å². The predicted molar refractivity (Wildman–Crippen MR) is 73.7 cm³/mol. The molecule has 0 aliphatic carbocycles. The van der Waals surface area contributed by atoms with Gasteiger partial charge in [0.05, 0.1) is 0 Å². The molecule has 92 valence electrons. The minimum Gasteiger partial charge on any atom is -0.478 e. The summed E-state index contributed by atoms with van der Waals surface area (Å²) in [6.45, 7) is 0. The lowest BCUT2D eigenvalue weighted by Crippen LogP contribution is -1.88. The quantitative estimate of drug-likeness (QED) is 0.637. The molecule has 0 saturated heterocycles. The van der Waals surface area contributed by atoms with Gasteiger partial charge in [0.25, 0.3) is 0 Å². The lowest BCUT2D eigenvalue weighted by molar-refractivity contribution is -0.131. The van der Waals surface area contributed by atoms with Crippen molar-refractivity contribution in [1.82, 2.24) is 0 Å². The number of carboxylic acid groups (broad SMARTS) is 1. The molecule has 18 heavy (non-hydrogen) atoms. The molecule has 2 rings (SSSR count). The van der Waals surface area contributed by atoms with Crippen molar-refractivity contribution in [2.75, 3.05) is 0 Å². The van der Waals surface area contributed by atoms with Crippen molar-refractivity contribution in [2.45, 2.75) is 19.3 Å². The number of carboxylic acids is 1. The lowest BCUT2D eigenvalue weighted by atomic mass is 10.0. The molecule has 2 heteroatoms. The van der Waals surface area contributed by atoms with Crippen LogP contribution >= 0.6 is 0 Å². The molecule has 0 atom stereocenters. The van der Waals surface area contributed by atoms with Gasteiger partial charge in [0.15, 0.2) is 0 Å². The van der Waals surface area contributed by atoms with Crippen LogP contribution in [0.4, 0.5) is 0 Å². The molecule has 2 aromatic rings. The molecular weight excluding hydrogens is 224 g/mol. The highest BCUT2D eigenvalue weighted by molar-refractivity contribution is 5.85. The van der Waals surface area contributed by atoms with Gasteiger partial charge in [-0.3, -0.25) is 0 Å². The summed E-state index contributed by atoms with van der Waals surface area (Å²) >= 11 is 0. The van der Waals surface area contributed by atoms with Crippen LogP contribution in [0.15, 0.2) is 54.6 Å². The Labute approximate surface area is 107 Å². The zero-order valence-electron chi connectivity index (χ0n) is 10.2. The SMILES string of the molecule is O=C(O)/C=C/CCCc1cccc2ccccc12. The van der Waals surface area contributed by atoms with E-state index >= 15 is 0 Å². The molecule has 0 unspecified atom stereocenters. The van der Waals surface area contributed by atoms with Crippen molar-refractivity contribution in [2.24, 2.45) is 0 Å². The first-order chi connectivity index (χ1) is 8.77. The van der Waals surface area contributed by atoms with E-state index in [2.05, 4.69) is 36.4 Å². The number of carbonyl (C=O) groups is 1. The molecular formula is C16H16O2. The van der Waals surface area contributed by atoms with Crippen molar-refractivity contribution in [3.63, 3.8) is 0 Å². The van der Waals surface area contributed by atoms with Gasteiger partial charge in [-0.25, -0.2) is 4.79 Å². The van der Waals surface area contributed by atoms with Crippen molar-refractivity contribution in [3.05, 3.63) is 60.2 Å². The van der Waals surface area contributed by atoms with E-state index in [4.69, 9.17) is 5.11 Å². The van der Waals surface area contributed by atoms with Gasteiger partial charge in [-0.15, -0.1) is 0 Å². The Morgan fingerprint density at radius 2 is 1.89 bits per heavy atom. The third kappa shape index (κ3) is 3.20. The Kier molecular flexibility index (Phi) is 4.13. The molecule has 0 bridgehead atoms. The van der Waals surface area contributed by atoms with Crippen LogP contribution in [0.3, 0.4) is 0 Å². The minimum atomic E-state index is -0.875. The van der Waals surface area contributed by atoms with Gasteiger partial charge < -0.3 is 5.11 Å². The van der Waals surface area contributed by atoms with Crippen molar-refractivity contribution >= 4 is 16.7 Å². The summed E-state index contributed by atoms with van der Waals surface area (Å²) in [5.41, 5.74) is 1.33. The van der Waals surface area contributed by atoms with Crippen LogP contribution in [-0.2, 0) is 11.2 Å². The van der Waals surface area contributed by atoms with Crippen LogP contribution in [0.1, 0.15) is 18.4 Å². The van der Waals surface area contributed by atoms with Crippen LogP contribution in [0, 0.1) is 0 Å². The van der Waals surface area contributed by atoms with Crippen molar-refractivity contribution in [1.29, 1.82) is 0 Å². The summed E-state index contributed by atoms with van der Waals surface area (Å²) < 4.78 is 0. The largest absolute Gasteiger partial charge is 0.478 e. The molecule has 2 aromatic carbocycles. The number of hydrogen-bond donors (Lipinski definition) is 1.